The molecule has 1 aliphatic heterocycles. The van der Waals surface area contributed by atoms with Crippen LogP contribution in [-0.2, 0) is 0 Å². The van der Waals surface area contributed by atoms with E-state index in [0.717, 1.165) is 31.9 Å². The van der Waals surface area contributed by atoms with Gasteiger partial charge in [0.1, 0.15) is 5.82 Å². The van der Waals surface area contributed by atoms with E-state index in [0.29, 0.717) is 25.6 Å². The molecular formula is C13H20F2N4. The van der Waals surface area contributed by atoms with Gasteiger partial charge in [-0.25, -0.2) is 13.8 Å². The third-order valence-electron chi connectivity index (χ3n) is 3.43. The molecule has 0 aromatic carbocycles. The number of hydrogen-bond donors (Lipinski definition) is 1. The van der Waals surface area contributed by atoms with Crippen LogP contribution in [0.5, 0.6) is 0 Å². The average molecular weight is 270 g/mol. The molecular weight excluding hydrogens is 250 g/mol. The number of nitrogens with zero attached hydrogens (tertiary/aromatic N) is 3. The zero-order valence-corrected chi connectivity index (χ0v) is 11.1. The van der Waals surface area contributed by atoms with E-state index >= 15 is 0 Å². The maximum atomic E-state index is 13.6. The van der Waals surface area contributed by atoms with Gasteiger partial charge in [0, 0.05) is 38.8 Å². The average Bonchev–Trinajstić information content (AvgIpc) is 2.40. The largest absolute Gasteiger partial charge is 0.352 e. The predicted molar refractivity (Wildman–Crippen MR) is 71.0 cm³/mol. The molecule has 6 heteroatoms. The molecule has 1 aromatic heterocycles. The van der Waals surface area contributed by atoms with Gasteiger partial charge in [0.05, 0.1) is 6.20 Å². The van der Waals surface area contributed by atoms with Crippen LogP contribution in [0.3, 0.4) is 0 Å². The van der Waals surface area contributed by atoms with E-state index in [1.54, 1.807) is 0 Å². The molecule has 0 amide bonds. The molecule has 0 radical (unpaired) electrons. The van der Waals surface area contributed by atoms with Crippen molar-refractivity contribution in [2.75, 3.05) is 44.2 Å². The Hall–Kier alpha value is -1.27. The molecule has 2 rings (SSSR count). The molecule has 0 aliphatic carbocycles. The zero-order valence-electron chi connectivity index (χ0n) is 11.1. The van der Waals surface area contributed by atoms with Gasteiger partial charge in [-0.3, -0.25) is 4.90 Å². The molecule has 19 heavy (non-hydrogen) atoms. The fourth-order valence-electron chi connectivity index (χ4n) is 2.30. The number of aromatic nitrogens is 1. The molecule has 1 atom stereocenters. The monoisotopic (exact) mass is 270 g/mol. The van der Waals surface area contributed by atoms with E-state index in [-0.39, 0.29) is 5.82 Å². The number of halogens is 2. The molecule has 106 valence electrons. The lowest BCUT2D eigenvalue weighted by atomic mass is 10.1. The summed E-state index contributed by atoms with van der Waals surface area (Å²) < 4.78 is 26.4. The summed E-state index contributed by atoms with van der Waals surface area (Å²) in [6.07, 6.45) is 1.06. The molecule has 1 unspecified atom stereocenters. The highest BCUT2D eigenvalue weighted by molar-refractivity contribution is 5.40. The first kappa shape index (κ1) is 14.1. The molecule has 2 N–H and O–H groups in total. The summed E-state index contributed by atoms with van der Waals surface area (Å²) in [5.41, 5.74) is 5.61. The highest BCUT2D eigenvalue weighted by Crippen LogP contribution is 2.18. The number of hydrogen-bond acceptors (Lipinski definition) is 4. The lowest BCUT2D eigenvalue weighted by molar-refractivity contribution is 0.226. The van der Waals surface area contributed by atoms with Crippen LogP contribution in [0.25, 0.3) is 0 Å². The van der Waals surface area contributed by atoms with Gasteiger partial charge < -0.3 is 10.6 Å². The minimum Gasteiger partial charge on any atom is -0.352 e. The first-order valence-corrected chi connectivity index (χ1v) is 6.58. The standard InChI is InChI=1S/C13H20F2N4/c1-10(7-16)9-18-2-4-19(5-3-18)13-12(15)6-11(14)8-17-13/h6,8,10H,2-5,7,9,16H2,1H3. The molecule has 1 saturated heterocycles. The fraction of sp³-hybridized carbons (Fsp3) is 0.615. The second kappa shape index (κ2) is 6.25. The highest BCUT2D eigenvalue weighted by atomic mass is 19.1. The minimum atomic E-state index is -0.642. The summed E-state index contributed by atoms with van der Waals surface area (Å²) in [5, 5.41) is 0. The molecule has 4 nitrogen and oxygen atoms in total. The van der Waals surface area contributed by atoms with Crippen molar-refractivity contribution in [3.8, 4) is 0 Å². The molecule has 0 saturated carbocycles. The van der Waals surface area contributed by atoms with Crippen molar-refractivity contribution < 1.29 is 8.78 Å². The summed E-state index contributed by atoms with van der Waals surface area (Å²) in [5.74, 6) is -0.527. The van der Waals surface area contributed by atoms with Crippen LogP contribution in [0.1, 0.15) is 6.92 Å². The predicted octanol–water partition coefficient (Wildman–Crippen LogP) is 1.08. The smallest absolute Gasteiger partial charge is 0.168 e. The summed E-state index contributed by atoms with van der Waals surface area (Å²) >= 11 is 0. The second-order valence-corrected chi connectivity index (χ2v) is 5.09. The molecule has 1 aliphatic rings. The maximum absolute atomic E-state index is 13.6. The topological polar surface area (TPSA) is 45.4 Å². The number of nitrogens with two attached hydrogens (primary N) is 1. The van der Waals surface area contributed by atoms with E-state index in [1.165, 1.54) is 0 Å². The Morgan fingerprint density at radius 1 is 1.32 bits per heavy atom. The number of rotatable bonds is 4. The molecule has 0 spiro atoms. The van der Waals surface area contributed by atoms with Crippen molar-refractivity contribution in [3.05, 3.63) is 23.9 Å². The van der Waals surface area contributed by atoms with Crippen molar-refractivity contribution >= 4 is 5.82 Å². The summed E-state index contributed by atoms with van der Waals surface area (Å²) in [6.45, 7) is 6.86. The van der Waals surface area contributed by atoms with Gasteiger partial charge in [0.25, 0.3) is 0 Å². The Balaban J connectivity index is 1.92. The molecule has 1 fully saturated rings. The van der Waals surface area contributed by atoms with Crippen LogP contribution in [-0.4, -0.2) is 49.2 Å². The highest BCUT2D eigenvalue weighted by Gasteiger charge is 2.21. The van der Waals surface area contributed by atoms with Gasteiger partial charge in [0.15, 0.2) is 11.6 Å². The van der Waals surface area contributed by atoms with E-state index in [4.69, 9.17) is 5.73 Å². The quantitative estimate of drug-likeness (QED) is 0.889. The summed E-state index contributed by atoms with van der Waals surface area (Å²) in [4.78, 5) is 8.02. The molecule has 2 heterocycles. The fourth-order valence-corrected chi connectivity index (χ4v) is 2.30. The third kappa shape index (κ3) is 3.61. The Labute approximate surface area is 112 Å². The van der Waals surface area contributed by atoms with Gasteiger partial charge in [-0.2, -0.15) is 0 Å². The number of anilines is 1. The van der Waals surface area contributed by atoms with Crippen molar-refractivity contribution in [3.63, 3.8) is 0 Å². The minimum absolute atomic E-state index is 0.243. The van der Waals surface area contributed by atoms with Gasteiger partial charge >= 0.3 is 0 Å². The summed E-state index contributed by atoms with van der Waals surface area (Å²) in [7, 11) is 0. The van der Waals surface area contributed by atoms with Crippen LogP contribution in [0, 0.1) is 17.6 Å². The SMILES string of the molecule is CC(CN)CN1CCN(c2ncc(F)cc2F)CC1. The Bertz CT molecular complexity index is 419. The third-order valence-corrected chi connectivity index (χ3v) is 3.43. The number of pyridine rings is 1. The second-order valence-electron chi connectivity index (χ2n) is 5.09. The van der Waals surface area contributed by atoms with Crippen LogP contribution >= 0.6 is 0 Å². The van der Waals surface area contributed by atoms with Crippen molar-refractivity contribution in [2.24, 2.45) is 11.7 Å². The maximum Gasteiger partial charge on any atom is 0.168 e. The van der Waals surface area contributed by atoms with E-state index in [1.807, 2.05) is 4.90 Å². The first-order valence-electron chi connectivity index (χ1n) is 6.58. The van der Waals surface area contributed by atoms with Crippen LogP contribution < -0.4 is 10.6 Å². The summed E-state index contributed by atoms with van der Waals surface area (Å²) in [6, 6.07) is 0.880. The zero-order chi connectivity index (χ0) is 13.8. The lowest BCUT2D eigenvalue weighted by Crippen LogP contribution is -2.48. The first-order chi connectivity index (χ1) is 9.10. The van der Waals surface area contributed by atoms with E-state index in [2.05, 4.69) is 16.8 Å². The Morgan fingerprint density at radius 3 is 2.58 bits per heavy atom. The van der Waals surface area contributed by atoms with Crippen LogP contribution in [0.15, 0.2) is 12.3 Å². The Kier molecular flexibility index (Phi) is 4.66. The molecule has 1 aromatic rings. The van der Waals surface area contributed by atoms with Gasteiger partial charge in [0.2, 0.25) is 0 Å². The lowest BCUT2D eigenvalue weighted by Gasteiger charge is -2.36. The van der Waals surface area contributed by atoms with Gasteiger partial charge in [-0.1, -0.05) is 6.92 Å². The van der Waals surface area contributed by atoms with Gasteiger partial charge in [-0.15, -0.1) is 0 Å². The van der Waals surface area contributed by atoms with Crippen LogP contribution in [0.2, 0.25) is 0 Å². The van der Waals surface area contributed by atoms with Gasteiger partial charge in [-0.05, 0) is 12.5 Å². The Morgan fingerprint density at radius 2 is 2.00 bits per heavy atom. The molecule has 0 bridgehead atoms. The van der Waals surface area contributed by atoms with Crippen LogP contribution in [0.4, 0.5) is 14.6 Å². The van der Waals surface area contributed by atoms with Crippen molar-refractivity contribution in [2.45, 2.75) is 6.92 Å². The normalized spacial score (nSPS) is 18.6. The van der Waals surface area contributed by atoms with E-state index in [9.17, 15) is 8.78 Å². The van der Waals surface area contributed by atoms with Crippen molar-refractivity contribution in [1.29, 1.82) is 0 Å². The number of piperazine rings is 1. The van der Waals surface area contributed by atoms with E-state index < -0.39 is 11.6 Å². The van der Waals surface area contributed by atoms with Crippen molar-refractivity contribution in [1.82, 2.24) is 9.88 Å².